The first-order valence-corrected chi connectivity index (χ1v) is 12.7. The van der Waals surface area contributed by atoms with Gasteiger partial charge < -0.3 is 13.9 Å². The predicted octanol–water partition coefficient (Wildman–Crippen LogP) is 4.98. The summed E-state index contributed by atoms with van der Waals surface area (Å²) in [5.74, 6) is 1.09. The van der Waals surface area contributed by atoms with Gasteiger partial charge in [-0.1, -0.05) is 52.7 Å². The number of halogens is 2. The smallest absolute Gasteiger partial charge is 0.338 e. The van der Waals surface area contributed by atoms with Crippen molar-refractivity contribution < 1.29 is 18.7 Å². The second kappa shape index (κ2) is 10.0. The molecule has 1 unspecified atom stereocenters. The SMILES string of the molecule is COC(=O)C1=C(C)N=c2s/c(=C\c3ccc(-c4cccc(Cl)c4Cl)o3)c(=O)n2C1c1ccc(OC)cc1. The van der Waals surface area contributed by atoms with Crippen molar-refractivity contribution in [3.8, 4) is 17.1 Å². The summed E-state index contributed by atoms with van der Waals surface area (Å²) in [5.41, 5.74) is 1.84. The number of furan rings is 1. The normalized spacial score (nSPS) is 15.4. The number of hydrogen-bond donors (Lipinski definition) is 0. The van der Waals surface area contributed by atoms with Crippen LogP contribution in [-0.4, -0.2) is 24.8 Å². The molecule has 0 saturated heterocycles. The predicted molar refractivity (Wildman–Crippen MR) is 143 cm³/mol. The Balaban J connectivity index is 1.64. The van der Waals surface area contributed by atoms with Gasteiger partial charge in [-0.05, 0) is 48.9 Å². The number of rotatable bonds is 5. The number of hydrogen-bond acceptors (Lipinski definition) is 7. The number of esters is 1. The van der Waals surface area contributed by atoms with E-state index in [0.717, 1.165) is 5.56 Å². The van der Waals surface area contributed by atoms with Gasteiger partial charge in [-0.25, -0.2) is 9.79 Å². The van der Waals surface area contributed by atoms with Crippen LogP contribution in [0.3, 0.4) is 0 Å². The highest BCUT2D eigenvalue weighted by atomic mass is 35.5. The molecule has 4 aromatic rings. The Hall–Kier alpha value is -3.59. The Morgan fingerprint density at radius 1 is 1.11 bits per heavy atom. The summed E-state index contributed by atoms with van der Waals surface area (Å²) in [6.07, 6.45) is 1.65. The molecule has 0 fully saturated rings. The van der Waals surface area contributed by atoms with Gasteiger partial charge in [-0.15, -0.1) is 0 Å². The number of benzene rings is 2. The quantitative estimate of drug-likeness (QED) is 0.325. The maximum absolute atomic E-state index is 13.7. The first-order chi connectivity index (χ1) is 17.8. The van der Waals surface area contributed by atoms with Gasteiger partial charge in [0.05, 0.1) is 46.1 Å². The Morgan fingerprint density at radius 2 is 1.86 bits per heavy atom. The van der Waals surface area contributed by atoms with E-state index in [1.54, 1.807) is 62.6 Å². The Labute approximate surface area is 225 Å². The molecule has 188 valence electrons. The minimum Gasteiger partial charge on any atom is -0.497 e. The molecule has 2 aromatic heterocycles. The minimum absolute atomic E-state index is 0.294. The van der Waals surface area contributed by atoms with Crippen LogP contribution in [0.25, 0.3) is 17.4 Å². The van der Waals surface area contributed by atoms with Crippen LogP contribution in [0.15, 0.2) is 80.1 Å². The summed E-state index contributed by atoms with van der Waals surface area (Å²) >= 11 is 13.7. The van der Waals surface area contributed by atoms with Crippen molar-refractivity contribution in [1.82, 2.24) is 4.57 Å². The number of ether oxygens (including phenoxy) is 2. The lowest BCUT2D eigenvalue weighted by Gasteiger charge is -2.24. The largest absolute Gasteiger partial charge is 0.497 e. The number of aromatic nitrogens is 1. The molecule has 1 atom stereocenters. The molecular weight excluding hydrogens is 535 g/mol. The molecule has 1 aliphatic rings. The van der Waals surface area contributed by atoms with Crippen LogP contribution in [0.5, 0.6) is 5.75 Å². The molecule has 0 radical (unpaired) electrons. The van der Waals surface area contributed by atoms with E-state index < -0.39 is 12.0 Å². The lowest BCUT2D eigenvalue weighted by Crippen LogP contribution is -2.39. The number of allylic oxidation sites excluding steroid dienone is 1. The van der Waals surface area contributed by atoms with Gasteiger partial charge in [0.15, 0.2) is 4.80 Å². The third kappa shape index (κ3) is 4.52. The molecule has 5 rings (SSSR count). The first kappa shape index (κ1) is 25.1. The number of fused-ring (bicyclic) bond motifs is 1. The summed E-state index contributed by atoms with van der Waals surface area (Å²) in [6, 6.07) is 15.3. The second-order valence-electron chi connectivity index (χ2n) is 8.15. The number of thiazole rings is 1. The van der Waals surface area contributed by atoms with Crippen LogP contribution in [0.1, 0.15) is 24.3 Å². The Morgan fingerprint density at radius 3 is 2.57 bits per heavy atom. The molecule has 10 heteroatoms. The molecule has 0 bridgehead atoms. The average Bonchev–Trinajstić information content (AvgIpc) is 3.48. The third-order valence-corrected chi connectivity index (χ3v) is 7.78. The maximum Gasteiger partial charge on any atom is 0.338 e. The molecule has 0 N–H and O–H groups in total. The summed E-state index contributed by atoms with van der Waals surface area (Å²) in [7, 11) is 2.88. The zero-order valence-corrected chi connectivity index (χ0v) is 22.3. The summed E-state index contributed by atoms with van der Waals surface area (Å²) in [6.45, 7) is 1.73. The molecule has 0 saturated carbocycles. The maximum atomic E-state index is 13.7. The molecule has 37 heavy (non-hydrogen) atoms. The molecular formula is C27H20Cl2N2O5S. The van der Waals surface area contributed by atoms with Crippen LogP contribution in [0.2, 0.25) is 10.0 Å². The van der Waals surface area contributed by atoms with E-state index >= 15 is 0 Å². The van der Waals surface area contributed by atoms with Crippen molar-refractivity contribution in [3.63, 3.8) is 0 Å². The fraction of sp³-hybridized carbons (Fsp3) is 0.148. The number of carbonyl (C=O) groups excluding carboxylic acids is 1. The molecule has 3 heterocycles. The summed E-state index contributed by atoms with van der Waals surface area (Å²) in [5, 5.41) is 0.801. The van der Waals surface area contributed by atoms with Gasteiger partial charge in [0.2, 0.25) is 0 Å². The molecule has 0 spiro atoms. The Bertz CT molecular complexity index is 1730. The zero-order valence-electron chi connectivity index (χ0n) is 20.0. The molecule has 0 amide bonds. The number of nitrogens with zero attached hydrogens (tertiary/aromatic N) is 2. The van der Waals surface area contributed by atoms with Crippen LogP contribution in [-0.2, 0) is 9.53 Å². The number of carbonyl (C=O) groups is 1. The highest BCUT2D eigenvalue weighted by Gasteiger charge is 2.33. The van der Waals surface area contributed by atoms with E-state index in [9.17, 15) is 9.59 Å². The van der Waals surface area contributed by atoms with Crippen LogP contribution < -0.4 is 19.6 Å². The van der Waals surface area contributed by atoms with E-state index in [-0.39, 0.29) is 5.56 Å². The standard InChI is InChI=1S/C27H20Cl2N2O5S/c1-14-22(26(33)35-3)24(15-7-9-16(34-2)10-8-15)31-25(32)21(37-27(31)30-14)13-17-11-12-20(36-17)18-5-4-6-19(28)23(18)29/h4-13,24H,1-3H3/b21-13-. The first-order valence-electron chi connectivity index (χ1n) is 11.1. The lowest BCUT2D eigenvalue weighted by molar-refractivity contribution is -0.136. The van der Waals surface area contributed by atoms with Gasteiger partial charge >= 0.3 is 5.97 Å². The van der Waals surface area contributed by atoms with Crippen molar-refractivity contribution in [1.29, 1.82) is 0 Å². The fourth-order valence-corrected chi connectivity index (χ4v) is 5.61. The van der Waals surface area contributed by atoms with Crippen LogP contribution in [0.4, 0.5) is 0 Å². The second-order valence-corrected chi connectivity index (χ2v) is 9.94. The van der Waals surface area contributed by atoms with Crippen LogP contribution in [0, 0.1) is 0 Å². The van der Waals surface area contributed by atoms with Crippen molar-refractivity contribution >= 4 is 46.6 Å². The number of methoxy groups -OCH3 is 2. The van der Waals surface area contributed by atoms with E-state index in [1.807, 2.05) is 12.1 Å². The molecule has 1 aliphatic heterocycles. The molecule has 0 aliphatic carbocycles. The van der Waals surface area contributed by atoms with Crippen LogP contribution >= 0.6 is 34.5 Å². The monoisotopic (exact) mass is 554 g/mol. The van der Waals surface area contributed by atoms with Gasteiger partial charge in [0.1, 0.15) is 17.3 Å². The van der Waals surface area contributed by atoms with Crippen molar-refractivity contribution in [2.24, 2.45) is 4.99 Å². The van der Waals surface area contributed by atoms with Crippen molar-refractivity contribution in [2.75, 3.05) is 14.2 Å². The average molecular weight is 555 g/mol. The Kier molecular flexibility index (Phi) is 6.81. The van der Waals surface area contributed by atoms with E-state index in [0.29, 0.717) is 53.5 Å². The third-order valence-electron chi connectivity index (χ3n) is 5.98. The zero-order chi connectivity index (χ0) is 26.3. The van der Waals surface area contributed by atoms with Crippen molar-refractivity contribution in [2.45, 2.75) is 13.0 Å². The van der Waals surface area contributed by atoms with Crippen molar-refractivity contribution in [3.05, 3.63) is 107 Å². The van der Waals surface area contributed by atoms with Gasteiger partial charge in [-0.3, -0.25) is 9.36 Å². The minimum atomic E-state index is -0.714. The lowest BCUT2D eigenvalue weighted by atomic mass is 9.96. The van der Waals surface area contributed by atoms with Gasteiger partial charge in [-0.2, -0.15) is 0 Å². The summed E-state index contributed by atoms with van der Waals surface area (Å²) < 4.78 is 18.2. The molecule has 2 aromatic carbocycles. The van der Waals surface area contributed by atoms with E-state index in [2.05, 4.69) is 4.99 Å². The summed E-state index contributed by atoms with van der Waals surface area (Å²) in [4.78, 5) is 31.5. The molecule has 7 nitrogen and oxygen atoms in total. The highest BCUT2D eigenvalue weighted by molar-refractivity contribution is 7.07. The van der Waals surface area contributed by atoms with Gasteiger partial charge in [0.25, 0.3) is 5.56 Å². The van der Waals surface area contributed by atoms with E-state index in [1.165, 1.54) is 23.0 Å². The highest BCUT2D eigenvalue weighted by Crippen LogP contribution is 2.35. The van der Waals surface area contributed by atoms with E-state index in [4.69, 9.17) is 37.1 Å². The topological polar surface area (TPSA) is 83.0 Å². The van der Waals surface area contributed by atoms with Gasteiger partial charge in [0, 0.05) is 11.6 Å². The fourth-order valence-electron chi connectivity index (χ4n) is 4.19.